The minimum absolute atomic E-state index is 0.0261. The van der Waals surface area contributed by atoms with Crippen molar-refractivity contribution in [1.82, 2.24) is 9.55 Å². The van der Waals surface area contributed by atoms with Crippen LogP contribution in [0.4, 0.5) is 10.2 Å². The number of aliphatic hydroxyl groups is 3. The fourth-order valence-electron chi connectivity index (χ4n) is 2.11. The second kappa shape index (κ2) is 5.09. The Hall–Kier alpha value is -1.55. The van der Waals surface area contributed by atoms with Gasteiger partial charge in [-0.1, -0.05) is 0 Å². The van der Waals surface area contributed by atoms with Crippen molar-refractivity contribution in [2.75, 3.05) is 19.0 Å². The first-order chi connectivity index (χ1) is 9.36. The minimum atomic E-state index is -1.96. The highest BCUT2D eigenvalue weighted by Crippen LogP contribution is 2.36. The highest BCUT2D eigenvalue weighted by Gasteiger charge is 2.55. The van der Waals surface area contributed by atoms with Crippen LogP contribution in [0.2, 0.25) is 0 Å². The number of hydrogen-bond acceptors (Lipinski definition) is 7. The molecule has 0 aromatic carbocycles. The number of nitrogen functional groups attached to an aromatic ring is 1. The van der Waals surface area contributed by atoms with Crippen molar-refractivity contribution in [2.45, 2.75) is 31.0 Å². The van der Waals surface area contributed by atoms with Crippen LogP contribution in [0.25, 0.3) is 0 Å². The standard InChI is InChI=1S/C11H16FN3O5/c1-5-2-15(10(19)14-8(5)13)9-6(17)7(18)11(3-12,4-16)20-9/h2,6-7,9,16-18H,3-4H2,1H3,(H2,13,14,19)/t6-,7+,9-,11-/m1/s1. The Labute approximate surface area is 113 Å². The van der Waals surface area contributed by atoms with Gasteiger partial charge in [-0.15, -0.1) is 0 Å². The van der Waals surface area contributed by atoms with E-state index in [1.807, 2.05) is 0 Å². The summed E-state index contributed by atoms with van der Waals surface area (Å²) in [5.41, 5.74) is 3.17. The van der Waals surface area contributed by atoms with Crippen LogP contribution in [0, 0.1) is 6.92 Å². The van der Waals surface area contributed by atoms with Crippen LogP contribution in [-0.4, -0.2) is 56.0 Å². The molecule has 2 heterocycles. The molecular formula is C11H16FN3O5. The highest BCUT2D eigenvalue weighted by atomic mass is 19.1. The fraction of sp³-hybridized carbons (Fsp3) is 0.636. The number of nitrogens with two attached hydrogens (primary N) is 1. The third kappa shape index (κ3) is 2.08. The molecule has 1 aromatic heterocycles. The Kier molecular flexibility index (Phi) is 3.78. The van der Waals surface area contributed by atoms with Gasteiger partial charge in [0.2, 0.25) is 0 Å². The molecule has 0 saturated carbocycles. The number of rotatable bonds is 3. The summed E-state index contributed by atoms with van der Waals surface area (Å²) in [6, 6.07) is 0. The van der Waals surface area contributed by atoms with E-state index >= 15 is 0 Å². The Morgan fingerprint density at radius 1 is 1.60 bits per heavy atom. The molecule has 112 valence electrons. The predicted octanol–water partition coefficient (Wildman–Crippen LogP) is -1.91. The van der Waals surface area contributed by atoms with Gasteiger partial charge in [-0.3, -0.25) is 4.57 Å². The number of hydrogen-bond donors (Lipinski definition) is 4. The van der Waals surface area contributed by atoms with Crippen molar-refractivity contribution in [2.24, 2.45) is 0 Å². The number of aliphatic hydroxyl groups excluding tert-OH is 3. The van der Waals surface area contributed by atoms with Crippen LogP contribution in [0.15, 0.2) is 11.0 Å². The molecule has 0 spiro atoms. The molecule has 1 aromatic rings. The molecule has 0 bridgehead atoms. The summed E-state index contributed by atoms with van der Waals surface area (Å²) in [5, 5.41) is 28.9. The number of alkyl halides is 1. The summed E-state index contributed by atoms with van der Waals surface area (Å²) in [6.45, 7) is -0.465. The molecule has 5 N–H and O–H groups in total. The zero-order chi connectivity index (χ0) is 15.1. The van der Waals surface area contributed by atoms with Crippen molar-refractivity contribution in [1.29, 1.82) is 0 Å². The van der Waals surface area contributed by atoms with Gasteiger partial charge < -0.3 is 25.8 Å². The van der Waals surface area contributed by atoms with Gasteiger partial charge in [-0.25, -0.2) is 9.18 Å². The average molecular weight is 289 g/mol. The average Bonchev–Trinajstić information content (AvgIpc) is 2.68. The van der Waals surface area contributed by atoms with Crippen LogP contribution < -0.4 is 11.4 Å². The SMILES string of the molecule is Cc1cn([C@@H]2O[C@@](CO)(CF)[C@@H](O)[C@H]2O)c(=O)nc1N. The number of ether oxygens (including phenoxy) is 1. The van der Waals surface area contributed by atoms with Gasteiger partial charge in [0.15, 0.2) is 11.8 Å². The molecule has 0 radical (unpaired) electrons. The molecular weight excluding hydrogens is 273 g/mol. The summed E-state index contributed by atoms with van der Waals surface area (Å²) >= 11 is 0. The lowest BCUT2D eigenvalue weighted by molar-refractivity contribution is -0.138. The molecule has 2 rings (SSSR count). The molecule has 9 heteroatoms. The maximum Gasteiger partial charge on any atom is 0.351 e. The van der Waals surface area contributed by atoms with Crippen molar-refractivity contribution in [3.63, 3.8) is 0 Å². The largest absolute Gasteiger partial charge is 0.393 e. The Balaban J connectivity index is 2.45. The lowest BCUT2D eigenvalue weighted by Crippen LogP contribution is -2.48. The van der Waals surface area contributed by atoms with E-state index in [-0.39, 0.29) is 5.82 Å². The van der Waals surface area contributed by atoms with Gasteiger partial charge in [0.05, 0.1) is 6.61 Å². The number of aryl methyl sites for hydroxylation is 1. The summed E-state index contributed by atoms with van der Waals surface area (Å²) in [5.74, 6) is 0.0261. The second-order valence-electron chi connectivity index (χ2n) is 4.80. The summed E-state index contributed by atoms with van der Waals surface area (Å²) in [7, 11) is 0. The maximum absolute atomic E-state index is 13.0. The molecule has 20 heavy (non-hydrogen) atoms. The molecule has 1 aliphatic rings. The molecule has 1 fully saturated rings. The van der Waals surface area contributed by atoms with E-state index in [1.54, 1.807) is 6.92 Å². The number of anilines is 1. The molecule has 0 unspecified atom stereocenters. The first-order valence-electron chi connectivity index (χ1n) is 5.92. The van der Waals surface area contributed by atoms with Crippen molar-refractivity contribution in [3.8, 4) is 0 Å². The first-order valence-corrected chi connectivity index (χ1v) is 5.92. The van der Waals surface area contributed by atoms with Gasteiger partial charge in [0, 0.05) is 11.8 Å². The van der Waals surface area contributed by atoms with E-state index in [2.05, 4.69) is 4.98 Å². The van der Waals surface area contributed by atoms with E-state index in [9.17, 15) is 24.5 Å². The monoisotopic (exact) mass is 289 g/mol. The molecule has 0 aliphatic carbocycles. The van der Waals surface area contributed by atoms with Crippen LogP contribution in [0.1, 0.15) is 11.8 Å². The molecule has 4 atom stereocenters. The number of nitrogens with zero attached hydrogens (tertiary/aromatic N) is 2. The zero-order valence-electron chi connectivity index (χ0n) is 10.7. The highest BCUT2D eigenvalue weighted by molar-refractivity contribution is 5.35. The van der Waals surface area contributed by atoms with Crippen molar-refractivity contribution < 1.29 is 24.4 Å². The third-order valence-electron chi connectivity index (χ3n) is 3.45. The summed E-state index contributed by atoms with van der Waals surface area (Å²) in [4.78, 5) is 15.3. The normalized spacial score (nSPS) is 33.5. The fourth-order valence-corrected chi connectivity index (χ4v) is 2.11. The second-order valence-corrected chi connectivity index (χ2v) is 4.80. The predicted molar refractivity (Wildman–Crippen MR) is 65.6 cm³/mol. The lowest BCUT2D eigenvalue weighted by Gasteiger charge is -2.26. The van der Waals surface area contributed by atoms with Gasteiger partial charge in [-0.05, 0) is 6.92 Å². The van der Waals surface area contributed by atoms with Gasteiger partial charge in [-0.2, -0.15) is 4.98 Å². The molecule has 1 aliphatic heterocycles. The molecule has 0 amide bonds. The van der Waals surface area contributed by atoms with E-state index in [0.29, 0.717) is 5.56 Å². The smallest absolute Gasteiger partial charge is 0.351 e. The van der Waals surface area contributed by atoms with Crippen LogP contribution >= 0.6 is 0 Å². The topological polar surface area (TPSA) is 131 Å². The zero-order valence-corrected chi connectivity index (χ0v) is 10.7. The van der Waals surface area contributed by atoms with Crippen molar-refractivity contribution in [3.05, 3.63) is 22.2 Å². The van der Waals surface area contributed by atoms with E-state index in [4.69, 9.17) is 10.5 Å². The van der Waals surface area contributed by atoms with Gasteiger partial charge >= 0.3 is 5.69 Å². The molecule has 1 saturated heterocycles. The van der Waals surface area contributed by atoms with E-state index in [1.165, 1.54) is 6.20 Å². The third-order valence-corrected chi connectivity index (χ3v) is 3.45. The van der Waals surface area contributed by atoms with Gasteiger partial charge in [0.1, 0.15) is 24.7 Å². The first kappa shape index (κ1) is 14.9. The van der Waals surface area contributed by atoms with E-state index < -0.39 is 43.0 Å². The Bertz CT molecular complexity index is 559. The maximum atomic E-state index is 13.0. The summed E-state index contributed by atoms with van der Waals surface area (Å²) in [6.07, 6.45) is -3.32. The number of halogens is 1. The van der Waals surface area contributed by atoms with E-state index in [0.717, 1.165) is 4.57 Å². The minimum Gasteiger partial charge on any atom is -0.393 e. The lowest BCUT2D eigenvalue weighted by atomic mass is 9.98. The Morgan fingerprint density at radius 3 is 2.75 bits per heavy atom. The Morgan fingerprint density at radius 2 is 2.25 bits per heavy atom. The van der Waals surface area contributed by atoms with Crippen LogP contribution in [-0.2, 0) is 4.74 Å². The van der Waals surface area contributed by atoms with Gasteiger partial charge in [0.25, 0.3) is 0 Å². The summed E-state index contributed by atoms with van der Waals surface area (Å²) < 4.78 is 19.1. The molecule has 8 nitrogen and oxygen atoms in total. The van der Waals surface area contributed by atoms with Crippen molar-refractivity contribution >= 4 is 5.82 Å². The number of aromatic nitrogens is 2. The van der Waals surface area contributed by atoms with Crippen LogP contribution in [0.5, 0.6) is 0 Å². The van der Waals surface area contributed by atoms with Crippen LogP contribution in [0.3, 0.4) is 0 Å². The quantitative estimate of drug-likeness (QED) is 0.510.